The zero-order chi connectivity index (χ0) is 12.9. The van der Waals surface area contributed by atoms with E-state index in [1.165, 1.54) is 11.3 Å². The molecule has 0 saturated heterocycles. The fourth-order valence-corrected chi connectivity index (χ4v) is 3.42. The number of thiophene rings is 1. The van der Waals surface area contributed by atoms with Crippen LogP contribution in [0.2, 0.25) is 0 Å². The third kappa shape index (κ3) is 4.72. The Labute approximate surface area is 106 Å². The molecule has 0 amide bonds. The normalized spacial score (nSPS) is 12.2. The molecule has 17 heavy (non-hydrogen) atoms. The average Bonchev–Trinajstić information content (AvgIpc) is 2.73. The molecule has 0 atom stereocenters. The number of rotatable bonds is 7. The largest absolute Gasteiger partial charge is 0.377 e. The molecule has 1 aromatic heterocycles. The molecule has 0 aliphatic carbocycles. The number of hydrogen-bond acceptors (Lipinski definition) is 5. The van der Waals surface area contributed by atoms with Crippen LogP contribution < -0.4 is 10.5 Å². The highest BCUT2D eigenvalue weighted by Gasteiger charge is 2.15. The van der Waals surface area contributed by atoms with Crippen LogP contribution in [0.3, 0.4) is 0 Å². The second-order valence-electron chi connectivity index (χ2n) is 3.80. The molecule has 0 aliphatic heterocycles. The van der Waals surface area contributed by atoms with E-state index in [9.17, 15) is 8.42 Å². The van der Waals surface area contributed by atoms with E-state index in [0.717, 1.165) is 5.56 Å². The average molecular weight is 278 g/mol. The topological polar surface area (TPSA) is 81.4 Å². The number of hydrogen-bond donors (Lipinski definition) is 2. The van der Waals surface area contributed by atoms with Crippen molar-refractivity contribution in [3.8, 4) is 0 Å². The van der Waals surface area contributed by atoms with Gasteiger partial charge in [-0.15, -0.1) is 11.3 Å². The van der Waals surface area contributed by atoms with Gasteiger partial charge in [0.2, 0.25) is 10.0 Å². The molecule has 3 N–H and O–H groups in total. The fraction of sp³-hybridized carbons (Fsp3) is 0.600. The molecule has 5 nitrogen and oxygen atoms in total. The van der Waals surface area contributed by atoms with Gasteiger partial charge in [-0.05, 0) is 30.9 Å². The lowest BCUT2D eigenvalue weighted by Crippen LogP contribution is -2.27. The Morgan fingerprint density at radius 2 is 2.24 bits per heavy atom. The minimum absolute atomic E-state index is 0.102. The third-order valence-corrected chi connectivity index (χ3v) is 4.93. The van der Waals surface area contributed by atoms with Crippen molar-refractivity contribution in [3.63, 3.8) is 0 Å². The Bertz CT molecular complexity index is 440. The summed E-state index contributed by atoms with van der Waals surface area (Å²) in [5.41, 5.74) is 6.26. The van der Waals surface area contributed by atoms with Crippen molar-refractivity contribution in [3.05, 3.63) is 17.0 Å². The van der Waals surface area contributed by atoms with Crippen LogP contribution >= 0.6 is 11.3 Å². The van der Waals surface area contributed by atoms with Crippen LogP contribution in [0.4, 0.5) is 0 Å². The van der Waals surface area contributed by atoms with E-state index in [0.29, 0.717) is 17.4 Å². The van der Waals surface area contributed by atoms with Gasteiger partial charge in [-0.1, -0.05) is 0 Å². The molecule has 0 radical (unpaired) electrons. The standard InChI is InChI=1S/C10H18N2O3S2/c1-8(2)15-4-3-12-17(13,14)10-5-9(6-11)7-16-10/h5,7-8,12H,3-4,6,11H2,1-2H3. The molecule has 0 bridgehead atoms. The van der Waals surface area contributed by atoms with Crippen LogP contribution in [0, 0.1) is 0 Å². The van der Waals surface area contributed by atoms with Gasteiger partial charge in [0.15, 0.2) is 0 Å². The maximum atomic E-state index is 11.8. The van der Waals surface area contributed by atoms with Crippen LogP contribution in [0.1, 0.15) is 19.4 Å². The molecule has 0 fully saturated rings. The number of sulfonamides is 1. The van der Waals surface area contributed by atoms with Crippen molar-refractivity contribution < 1.29 is 13.2 Å². The molecule has 0 saturated carbocycles. The lowest BCUT2D eigenvalue weighted by Gasteiger charge is -2.08. The third-order valence-electron chi connectivity index (χ3n) is 1.98. The molecule has 0 aliphatic rings. The molecule has 7 heteroatoms. The number of nitrogens with two attached hydrogens (primary N) is 1. The molecule has 0 aromatic carbocycles. The van der Waals surface area contributed by atoms with Crippen molar-refractivity contribution in [2.24, 2.45) is 5.73 Å². The highest BCUT2D eigenvalue weighted by molar-refractivity contribution is 7.91. The van der Waals surface area contributed by atoms with Crippen molar-refractivity contribution in [2.45, 2.75) is 30.7 Å². The number of nitrogens with one attached hydrogen (secondary N) is 1. The minimum Gasteiger partial charge on any atom is -0.377 e. The first-order valence-electron chi connectivity index (χ1n) is 5.34. The zero-order valence-electron chi connectivity index (χ0n) is 9.97. The fourth-order valence-electron chi connectivity index (χ4n) is 1.14. The summed E-state index contributed by atoms with van der Waals surface area (Å²) in [6, 6.07) is 1.59. The first-order valence-corrected chi connectivity index (χ1v) is 7.70. The predicted octanol–water partition coefficient (Wildman–Crippen LogP) is 0.910. The maximum absolute atomic E-state index is 11.8. The molecule has 1 aromatic rings. The highest BCUT2D eigenvalue weighted by atomic mass is 32.2. The highest BCUT2D eigenvalue weighted by Crippen LogP contribution is 2.19. The van der Waals surface area contributed by atoms with Crippen LogP contribution in [0.25, 0.3) is 0 Å². The molecular weight excluding hydrogens is 260 g/mol. The van der Waals surface area contributed by atoms with E-state index in [1.807, 2.05) is 13.8 Å². The number of ether oxygens (including phenoxy) is 1. The van der Waals surface area contributed by atoms with Gasteiger partial charge in [-0.3, -0.25) is 0 Å². The van der Waals surface area contributed by atoms with Gasteiger partial charge in [0, 0.05) is 13.1 Å². The maximum Gasteiger partial charge on any atom is 0.250 e. The van der Waals surface area contributed by atoms with E-state index in [-0.39, 0.29) is 12.6 Å². The predicted molar refractivity (Wildman–Crippen MR) is 68.5 cm³/mol. The van der Waals surface area contributed by atoms with E-state index in [1.54, 1.807) is 11.4 Å². The van der Waals surface area contributed by atoms with Gasteiger partial charge in [0.05, 0.1) is 12.7 Å². The van der Waals surface area contributed by atoms with Crippen LogP contribution in [0.5, 0.6) is 0 Å². The SMILES string of the molecule is CC(C)OCCNS(=O)(=O)c1cc(CN)cs1. The lowest BCUT2D eigenvalue weighted by molar-refractivity contribution is 0.0834. The molecule has 0 unspecified atom stereocenters. The van der Waals surface area contributed by atoms with Gasteiger partial charge < -0.3 is 10.5 Å². The van der Waals surface area contributed by atoms with Gasteiger partial charge >= 0.3 is 0 Å². The first-order chi connectivity index (χ1) is 7.95. The summed E-state index contributed by atoms with van der Waals surface area (Å²) in [7, 11) is -3.41. The molecule has 1 heterocycles. The van der Waals surface area contributed by atoms with Crippen molar-refractivity contribution in [1.29, 1.82) is 0 Å². The van der Waals surface area contributed by atoms with Gasteiger partial charge in [0.1, 0.15) is 4.21 Å². The lowest BCUT2D eigenvalue weighted by atomic mass is 10.4. The summed E-state index contributed by atoms with van der Waals surface area (Å²) in [5.74, 6) is 0. The van der Waals surface area contributed by atoms with E-state index in [4.69, 9.17) is 10.5 Å². The quantitative estimate of drug-likeness (QED) is 0.726. The van der Waals surface area contributed by atoms with Crippen LogP contribution in [0.15, 0.2) is 15.7 Å². The Hall–Kier alpha value is -0.470. The molecular formula is C10H18N2O3S2. The van der Waals surface area contributed by atoms with Crippen LogP contribution in [-0.2, 0) is 21.3 Å². The minimum atomic E-state index is -3.41. The molecule has 98 valence electrons. The Kier molecular flexibility index (Phi) is 5.54. The molecule has 0 spiro atoms. The van der Waals surface area contributed by atoms with E-state index in [2.05, 4.69) is 4.72 Å². The van der Waals surface area contributed by atoms with Crippen molar-refractivity contribution >= 4 is 21.4 Å². The van der Waals surface area contributed by atoms with Crippen molar-refractivity contribution in [2.75, 3.05) is 13.2 Å². The summed E-state index contributed by atoms with van der Waals surface area (Å²) >= 11 is 1.17. The summed E-state index contributed by atoms with van der Waals surface area (Å²) in [4.78, 5) is 0. The summed E-state index contributed by atoms with van der Waals surface area (Å²) in [5, 5.41) is 1.75. The monoisotopic (exact) mass is 278 g/mol. The van der Waals surface area contributed by atoms with Gasteiger partial charge in [-0.25, -0.2) is 13.1 Å². The summed E-state index contributed by atoms with van der Waals surface area (Å²) in [6.45, 7) is 4.80. The first kappa shape index (κ1) is 14.6. The Morgan fingerprint density at radius 1 is 1.53 bits per heavy atom. The van der Waals surface area contributed by atoms with Gasteiger partial charge in [0.25, 0.3) is 0 Å². The van der Waals surface area contributed by atoms with Gasteiger partial charge in [-0.2, -0.15) is 0 Å². The second kappa shape index (κ2) is 6.46. The van der Waals surface area contributed by atoms with E-state index >= 15 is 0 Å². The van der Waals surface area contributed by atoms with Crippen molar-refractivity contribution in [1.82, 2.24) is 4.72 Å². The Balaban J connectivity index is 2.51. The molecule has 1 rings (SSSR count). The Morgan fingerprint density at radius 3 is 2.76 bits per heavy atom. The smallest absolute Gasteiger partial charge is 0.250 e. The summed E-state index contributed by atoms with van der Waals surface area (Å²) in [6.07, 6.45) is 0.102. The second-order valence-corrected chi connectivity index (χ2v) is 6.70. The summed E-state index contributed by atoms with van der Waals surface area (Å²) < 4.78 is 31.7. The zero-order valence-corrected chi connectivity index (χ0v) is 11.6. The van der Waals surface area contributed by atoms with E-state index < -0.39 is 10.0 Å². The van der Waals surface area contributed by atoms with Crippen LogP contribution in [-0.4, -0.2) is 27.7 Å².